The van der Waals surface area contributed by atoms with Crippen LogP contribution in [0.2, 0.25) is 0 Å². The number of carbonyl (C=O) groups excluding carboxylic acids is 1. The third-order valence-corrected chi connectivity index (χ3v) is 4.46. The van der Waals surface area contributed by atoms with Crippen LogP contribution >= 0.6 is 24.0 Å². The van der Waals surface area contributed by atoms with Crippen LogP contribution in [0.5, 0.6) is 0 Å². The molecule has 1 atom stereocenters. The number of carbonyl (C=O) groups is 1. The molecule has 26 heavy (non-hydrogen) atoms. The van der Waals surface area contributed by atoms with Gasteiger partial charge in [-0.2, -0.15) is 0 Å². The van der Waals surface area contributed by atoms with E-state index in [4.69, 9.17) is 0 Å². The van der Waals surface area contributed by atoms with Crippen LogP contribution in [0, 0.1) is 6.92 Å². The second-order valence-electron chi connectivity index (χ2n) is 6.48. The highest BCUT2D eigenvalue weighted by atomic mass is 127. The Morgan fingerprint density at radius 1 is 1.42 bits per heavy atom. The van der Waals surface area contributed by atoms with Gasteiger partial charge in [-0.1, -0.05) is 6.07 Å². The lowest BCUT2D eigenvalue weighted by atomic mass is 10.1. The molecule has 0 aromatic carbocycles. The molecule has 7 nitrogen and oxygen atoms in total. The molecule has 142 valence electrons. The van der Waals surface area contributed by atoms with Gasteiger partial charge in [0.15, 0.2) is 5.96 Å². The second-order valence-corrected chi connectivity index (χ2v) is 6.48. The van der Waals surface area contributed by atoms with Crippen molar-refractivity contribution in [2.75, 3.05) is 20.1 Å². The first-order valence-electron chi connectivity index (χ1n) is 8.79. The van der Waals surface area contributed by atoms with E-state index in [0.29, 0.717) is 19.5 Å². The normalized spacial score (nSPS) is 18.0. The minimum absolute atomic E-state index is 0. The lowest BCUT2D eigenvalue weighted by Crippen LogP contribution is -2.51. The standard InChI is InChI=1S/C18H26N6O.HI/c1-4-19-18(22-14-8-9-17(25)23(3)11-14)20-10-15-12-24-13(2)6-5-7-16(24)21-15;/h5-7,12,14H,4,8-11H2,1-3H3,(H2,19,20,22);1H. The van der Waals surface area contributed by atoms with Gasteiger partial charge in [-0.15, -0.1) is 24.0 Å². The Hall–Kier alpha value is -1.84. The van der Waals surface area contributed by atoms with E-state index < -0.39 is 0 Å². The number of hydrogen-bond acceptors (Lipinski definition) is 3. The van der Waals surface area contributed by atoms with E-state index in [0.717, 1.165) is 36.0 Å². The Bertz CT molecular complexity index is 787. The summed E-state index contributed by atoms with van der Waals surface area (Å²) >= 11 is 0. The second kappa shape index (κ2) is 9.20. The largest absolute Gasteiger partial charge is 0.357 e. The number of amides is 1. The van der Waals surface area contributed by atoms with Crippen LogP contribution in [0.3, 0.4) is 0 Å². The Labute approximate surface area is 171 Å². The maximum absolute atomic E-state index is 11.6. The number of nitrogens with one attached hydrogen (secondary N) is 2. The lowest BCUT2D eigenvalue weighted by molar-refractivity contribution is -0.132. The van der Waals surface area contributed by atoms with Crippen molar-refractivity contribution in [3.8, 4) is 0 Å². The van der Waals surface area contributed by atoms with Crippen LogP contribution in [0.1, 0.15) is 31.2 Å². The zero-order valence-corrected chi connectivity index (χ0v) is 17.9. The molecule has 1 aliphatic heterocycles. The molecule has 0 radical (unpaired) electrons. The highest BCUT2D eigenvalue weighted by Crippen LogP contribution is 2.11. The predicted octanol–water partition coefficient (Wildman–Crippen LogP) is 1.94. The summed E-state index contributed by atoms with van der Waals surface area (Å²) in [5, 5.41) is 6.71. The zero-order chi connectivity index (χ0) is 17.8. The molecule has 2 N–H and O–H groups in total. The number of aromatic nitrogens is 2. The number of hydrogen-bond donors (Lipinski definition) is 2. The van der Waals surface area contributed by atoms with Gasteiger partial charge in [0.1, 0.15) is 5.65 Å². The summed E-state index contributed by atoms with van der Waals surface area (Å²) in [7, 11) is 1.85. The number of fused-ring (bicyclic) bond motifs is 1. The van der Waals surface area contributed by atoms with Crippen molar-refractivity contribution >= 4 is 41.5 Å². The quantitative estimate of drug-likeness (QED) is 0.407. The summed E-state index contributed by atoms with van der Waals surface area (Å²) in [4.78, 5) is 22.7. The third-order valence-electron chi connectivity index (χ3n) is 4.46. The first-order chi connectivity index (χ1) is 12.1. The molecule has 0 aliphatic carbocycles. The number of halogens is 1. The number of rotatable bonds is 4. The van der Waals surface area contributed by atoms with Crippen molar-refractivity contribution < 1.29 is 4.79 Å². The minimum atomic E-state index is 0. The summed E-state index contributed by atoms with van der Waals surface area (Å²) in [6.45, 7) is 6.11. The van der Waals surface area contributed by atoms with E-state index in [1.165, 1.54) is 0 Å². The topological polar surface area (TPSA) is 74.0 Å². The fourth-order valence-corrected chi connectivity index (χ4v) is 3.08. The van der Waals surface area contributed by atoms with E-state index in [-0.39, 0.29) is 35.9 Å². The van der Waals surface area contributed by atoms with Crippen molar-refractivity contribution in [2.24, 2.45) is 4.99 Å². The molecule has 2 aromatic rings. The highest BCUT2D eigenvalue weighted by molar-refractivity contribution is 14.0. The minimum Gasteiger partial charge on any atom is -0.357 e. The number of nitrogens with zero attached hydrogens (tertiary/aromatic N) is 4. The van der Waals surface area contributed by atoms with Crippen molar-refractivity contribution in [1.29, 1.82) is 0 Å². The number of aryl methyl sites for hydroxylation is 1. The number of guanidine groups is 1. The van der Waals surface area contributed by atoms with Crippen LogP contribution in [0.4, 0.5) is 0 Å². The van der Waals surface area contributed by atoms with E-state index in [9.17, 15) is 4.79 Å². The molecule has 2 aromatic heterocycles. The van der Waals surface area contributed by atoms with Crippen LogP contribution in [-0.2, 0) is 11.3 Å². The number of pyridine rings is 1. The number of aliphatic imine (C=N–C) groups is 1. The first-order valence-corrected chi connectivity index (χ1v) is 8.79. The van der Waals surface area contributed by atoms with Gasteiger partial charge >= 0.3 is 0 Å². The average Bonchev–Trinajstić information content (AvgIpc) is 3.01. The summed E-state index contributed by atoms with van der Waals surface area (Å²) in [6, 6.07) is 6.30. The Morgan fingerprint density at radius 3 is 2.92 bits per heavy atom. The van der Waals surface area contributed by atoms with Crippen molar-refractivity contribution in [3.63, 3.8) is 0 Å². The summed E-state index contributed by atoms with van der Waals surface area (Å²) < 4.78 is 2.08. The average molecular weight is 470 g/mol. The molecule has 1 saturated heterocycles. The van der Waals surface area contributed by atoms with Crippen LogP contribution in [0.25, 0.3) is 5.65 Å². The molecule has 3 heterocycles. The number of imidazole rings is 1. The van der Waals surface area contributed by atoms with Crippen LogP contribution in [-0.4, -0.2) is 52.3 Å². The van der Waals surface area contributed by atoms with Gasteiger partial charge in [0.05, 0.1) is 12.2 Å². The number of likely N-dealkylation sites (tertiary alicyclic amines) is 1. The van der Waals surface area contributed by atoms with Gasteiger partial charge in [0, 0.05) is 44.5 Å². The SMILES string of the molecule is CCNC(=NCc1cn2c(C)cccc2n1)NC1CCC(=O)N(C)C1.I. The summed E-state index contributed by atoms with van der Waals surface area (Å²) in [5.41, 5.74) is 3.03. The molecule has 0 bridgehead atoms. The van der Waals surface area contributed by atoms with E-state index >= 15 is 0 Å². The van der Waals surface area contributed by atoms with Gasteiger partial charge < -0.3 is 19.9 Å². The van der Waals surface area contributed by atoms with Crippen molar-refractivity contribution in [2.45, 2.75) is 39.3 Å². The Morgan fingerprint density at radius 2 is 2.23 bits per heavy atom. The zero-order valence-electron chi connectivity index (χ0n) is 15.5. The molecule has 1 aliphatic rings. The molecule has 0 spiro atoms. The fourth-order valence-electron chi connectivity index (χ4n) is 3.08. The summed E-state index contributed by atoms with van der Waals surface area (Å²) in [6.07, 6.45) is 3.45. The molecule has 1 amide bonds. The molecule has 0 saturated carbocycles. The summed E-state index contributed by atoms with van der Waals surface area (Å²) in [5.74, 6) is 0.976. The third kappa shape index (κ3) is 4.87. The van der Waals surface area contributed by atoms with Crippen molar-refractivity contribution in [1.82, 2.24) is 24.9 Å². The number of piperidine rings is 1. The fraction of sp³-hybridized carbons (Fsp3) is 0.500. The van der Waals surface area contributed by atoms with E-state index in [1.54, 1.807) is 4.90 Å². The molecular formula is C18H27IN6O. The Balaban J connectivity index is 0.00000243. The molecule has 8 heteroatoms. The van der Waals surface area contributed by atoms with Crippen LogP contribution in [0.15, 0.2) is 29.4 Å². The maximum atomic E-state index is 11.6. The monoisotopic (exact) mass is 470 g/mol. The Kier molecular flexibility index (Phi) is 7.24. The van der Waals surface area contributed by atoms with Gasteiger partial charge in [0.25, 0.3) is 0 Å². The first kappa shape index (κ1) is 20.5. The molecule has 3 rings (SSSR count). The van der Waals surface area contributed by atoms with Gasteiger partial charge in [0.2, 0.25) is 5.91 Å². The van der Waals surface area contributed by atoms with Gasteiger partial charge in [-0.25, -0.2) is 9.98 Å². The van der Waals surface area contributed by atoms with E-state index in [1.807, 2.05) is 32.3 Å². The smallest absolute Gasteiger partial charge is 0.222 e. The van der Waals surface area contributed by atoms with E-state index in [2.05, 4.69) is 38.0 Å². The maximum Gasteiger partial charge on any atom is 0.222 e. The van der Waals surface area contributed by atoms with Gasteiger partial charge in [-0.3, -0.25) is 4.79 Å². The van der Waals surface area contributed by atoms with Gasteiger partial charge in [-0.05, 0) is 32.4 Å². The molecule has 1 unspecified atom stereocenters. The molecular weight excluding hydrogens is 443 g/mol. The lowest BCUT2D eigenvalue weighted by Gasteiger charge is -2.31. The number of likely N-dealkylation sites (N-methyl/N-ethyl adjacent to an activating group) is 1. The predicted molar refractivity (Wildman–Crippen MR) is 114 cm³/mol. The highest BCUT2D eigenvalue weighted by Gasteiger charge is 2.23. The van der Waals surface area contributed by atoms with Crippen molar-refractivity contribution in [3.05, 3.63) is 35.8 Å². The van der Waals surface area contributed by atoms with Crippen LogP contribution < -0.4 is 10.6 Å². The molecule has 1 fully saturated rings.